The fourth-order valence-corrected chi connectivity index (χ4v) is 2.45. The number of carbonyl (C=O) groups excluding carboxylic acids is 1. The van der Waals surface area contributed by atoms with E-state index in [-0.39, 0.29) is 23.1 Å². The van der Waals surface area contributed by atoms with Gasteiger partial charge in [0.15, 0.2) is 12.4 Å². The van der Waals surface area contributed by atoms with Crippen molar-refractivity contribution in [3.05, 3.63) is 80.3 Å². The molecule has 0 spiro atoms. The number of aromatic nitrogens is 1. The van der Waals surface area contributed by atoms with E-state index in [0.717, 1.165) is 11.6 Å². The van der Waals surface area contributed by atoms with Crippen LogP contribution in [-0.2, 0) is 11.3 Å². The zero-order chi connectivity index (χ0) is 18.7. The lowest BCUT2D eigenvalue weighted by atomic mass is 10.2. The quantitative estimate of drug-likeness (QED) is 0.347. The number of oxazole rings is 1. The van der Waals surface area contributed by atoms with Crippen LogP contribution in [0.15, 0.2) is 53.1 Å². The van der Waals surface area contributed by atoms with Crippen molar-refractivity contribution in [3.8, 4) is 11.3 Å². The Balaban J connectivity index is 1.71. The molecule has 0 aliphatic carbocycles. The van der Waals surface area contributed by atoms with Crippen LogP contribution in [0.4, 0.5) is 5.69 Å². The standard InChI is InChI=1S/C17H10Cl2N2O5/c18-11-3-1-10(2-4-11)15-8-20-16(26-15)9-25-17(22)13-6-5-12(19)7-14(13)21(23)24/h1-8H,9H2. The maximum Gasteiger partial charge on any atom is 0.345 e. The molecule has 0 bridgehead atoms. The van der Waals surface area contributed by atoms with Crippen LogP contribution in [0.2, 0.25) is 10.0 Å². The third-order valence-corrected chi connectivity index (χ3v) is 3.87. The first kappa shape index (κ1) is 17.9. The van der Waals surface area contributed by atoms with Crippen LogP contribution >= 0.6 is 23.2 Å². The molecular formula is C17H10Cl2N2O5. The van der Waals surface area contributed by atoms with Crippen molar-refractivity contribution in [3.63, 3.8) is 0 Å². The molecule has 0 aliphatic heterocycles. The lowest BCUT2D eigenvalue weighted by Crippen LogP contribution is -2.08. The average Bonchev–Trinajstić information content (AvgIpc) is 3.09. The first-order valence-electron chi connectivity index (χ1n) is 7.26. The second-order valence-corrected chi connectivity index (χ2v) is 5.99. The first-order chi connectivity index (χ1) is 12.4. The minimum Gasteiger partial charge on any atom is -0.452 e. The summed E-state index contributed by atoms with van der Waals surface area (Å²) < 4.78 is 10.6. The fourth-order valence-electron chi connectivity index (χ4n) is 2.16. The van der Waals surface area contributed by atoms with Crippen LogP contribution in [0.25, 0.3) is 11.3 Å². The van der Waals surface area contributed by atoms with E-state index in [4.69, 9.17) is 32.4 Å². The SMILES string of the molecule is O=C(OCc1ncc(-c2ccc(Cl)cc2)o1)c1ccc(Cl)cc1[N+](=O)[O-]. The van der Waals surface area contributed by atoms with Gasteiger partial charge in [0.05, 0.1) is 11.1 Å². The number of carbonyl (C=O) groups is 1. The highest BCUT2D eigenvalue weighted by atomic mass is 35.5. The Labute approximate surface area is 157 Å². The lowest BCUT2D eigenvalue weighted by molar-refractivity contribution is -0.385. The maximum atomic E-state index is 12.1. The summed E-state index contributed by atoms with van der Waals surface area (Å²) in [6.45, 7) is -0.272. The lowest BCUT2D eigenvalue weighted by Gasteiger charge is -2.04. The van der Waals surface area contributed by atoms with E-state index < -0.39 is 16.6 Å². The number of hydrogen-bond acceptors (Lipinski definition) is 6. The van der Waals surface area contributed by atoms with E-state index >= 15 is 0 Å². The Morgan fingerprint density at radius 2 is 1.85 bits per heavy atom. The Bertz CT molecular complexity index is 970. The minimum absolute atomic E-state index is 0.147. The second kappa shape index (κ2) is 7.55. The van der Waals surface area contributed by atoms with E-state index in [1.165, 1.54) is 18.3 Å². The van der Waals surface area contributed by atoms with Crippen LogP contribution in [0.5, 0.6) is 0 Å². The molecule has 3 rings (SSSR count). The molecule has 2 aromatic carbocycles. The minimum atomic E-state index is -0.875. The predicted octanol–water partition coefficient (Wildman–Crippen LogP) is 4.91. The normalized spacial score (nSPS) is 10.5. The van der Waals surface area contributed by atoms with E-state index in [2.05, 4.69) is 4.98 Å². The van der Waals surface area contributed by atoms with E-state index in [1.54, 1.807) is 24.3 Å². The molecule has 132 valence electrons. The predicted molar refractivity (Wildman–Crippen MR) is 94.2 cm³/mol. The molecule has 0 fully saturated rings. The van der Waals surface area contributed by atoms with Gasteiger partial charge >= 0.3 is 5.97 Å². The van der Waals surface area contributed by atoms with Gasteiger partial charge < -0.3 is 9.15 Å². The molecule has 1 aromatic heterocycles. The number of benzene rings is 2. The highest BCUT2D eigenvalue weighted by Gasteiger charge is 2.22. The molecule has 7 nitrogen and oxygen atoms in total. The number of nitro groups is 1. The largest absolute Gasteiger partial charge is 0.452 e. The number of esters is 1. The molecule has 0 atom stereocenters. The Morgan fingerprint density at radius 1 is 1.15 bits per heavy atom. The highest BCUT2D eigenvalue weighted by molar-refractivity contribution is 6.31. The molecule has 26 heavy (non-hydrogen) atoms. The van der Waals surface area contributed by atoms with Gasteiger partial charge in [-0.25, -0.2) is 9.78 Å². The molecule has 0 saturated carbocycles. The van der Waals surface area contributed by atoms with Gasteiger partial charge in [-0.05, 0) is 36.4 Å². The monoisotopic (exact) mass is 392 g/mol. The van der Waals surface area contributed by atoms with Crippen molar-refractivity contribution in [2.45, 2.75) is 6.61 Å². The van der Waals surface area contributed by atoms with Crippen molar-refractivity contribution in [2.24, 2.45) is 0 Å². The fraction of sp³-hybridized carbons (Fsp3) is 0.0588. The van der Waals surface area contributed by atoms with Crippen molar-refractivity contribution in [1.29, 1.82) is 0 Å². The van der Waals surface area contributed by atoms with E-state index in [1.807, 2.05) is 0 Å². The smallest absolute Gasteiger partial charge is 0.345 e. The molecule has 1 heterocycles. The molecule has 3 aromatic rings. The summed E-state index contributed by atoms with van der Waals surface area (Å²) in [5, 5.41) is 11.8. The average molecular weight is 393 g/mol. The second-order valence-electron chi connectivity index (χ2n) is 5.12. The zero-order valence-electron chi connectivity index (χ0n) is 13.0. The molecule has 0 N–H and O–H groups in total. The van der Waals surface area contributed by atoms with Crippen LogP contribution in [0, 0.1) is 10.1 Å². The summed E-state index contributed by atoms with van der Waals surface area (Å²) >= 11 is 11.6. The summed E-state index contributed by atoms with van der Waals surface area (Å²) in [6.07, 6.45) is 1.48. The van der Waals surface area contributed by atoms with E-state index in [9.17, 15) is 14.9 Å². The van der Waals surface area contributed by atoms with Crippen LogP contribution in [0.3, 0.4) is 0 Å². The molecule has 0 aliphatic rings. The van der Waals surface area contributed by atoms with Gasteiger partial charge in [-0.15, -0.1) is 0 Å². The number of rotatable bonds is 5. The van der Waals surface area contributed by atoms with E-state index in [0.29, 0.717) is 10.8 Å². The Kier molecular flexibility index (Phi) is 5.20. The van der Waals surface area contributed by atoms with Crippen molar-refractivity contribution in [2.75, 3.05) is 0 Å². The summed E-state index contributed by atoms with van der Waals surface area (Å²) in [5.74, 6) is -0.246. The van der Waals surface area contributed by atoms with Gasteiger partial charge in [-0.1, -0.05) is 23.2 Å². The summed E-state index contributed by atoms with van der Waals surface area (Å²) in [5.41, 5.74) is 0.119. The van der Waals surface area contributed by atoms with Gasteiger partial charge in [0.25, 0.3) is 5.69 Å². The van der Waals surface area contributed by atoms with Crippen LogP contribution < -0.4 is 0 Å². The molecule has 0 saturated heterocycles. The summed E-state index contributed by atoms with van der Waals surface area (Å²) in [7, 11) is 0. The zero-order valence-corrected chi connectivity index (χ0v) is 14.5. The molecule has 0 unspecified atom stereocenters. The number of halogens is 2. The molecule has 9 heteroatoms. The first-order valence-corrected chi connectivity index (χ1v) is 8.01. The number of nitrogens with zero attached hydrogens (tertiary/aromatic N) is 2. The Morgan fingerprint density at radius 3 is 2.54 bits per heavy atom. The summed E-state index contributed by atoms with van der Waals surface area (Å²) in [6, 6.07) is 10.6. The van der Waals surface area contributed by atoms with Crippen LogP contribution in [-0.4, -0.2) is 15.9 Å². The Hall–Kier alpha value is -2.90. The van der Waals surface area contributed by atoms with Gasteiger partial charge in [0.2, 0.25) is 5.89 Å². The topological polar surface area (TPSA) is 95.5 Å². The highest BCUT2D eigenvalue weighted by Crippen LogP contribution is 2.25. The summed E-state index contributed by atoms with van der Waals surface area (Å²) in [4.78, 5) is 26.5. The maximum absolute atomic E-state index is 12.1. The molecular weight excluding hydrogens is 383 g/mol. The number of ether oxygens (including phenoxy) is 1. The number of hydrogen-bond donors (Lipinski definition) is 0. The van der Waals surface area contributed by atoms with Crippen molar-refractivity contribution >= 4 is 34.9 Å². The third-order valence-electron chi connectivity index (χ3n) is 3.39. The number of nitro benzene ring substituents is 1. The van der Waals surface area contributed by atoms with Gasteiger partial charge in [0, 0.05) is 21.7 Å². The van der Waals surface area contributed by atoms with Crippen LogP contribution in [0.1, 0.15) is 16.2 Å². The van der Waals surface area contributed by atoms with Crippen molar-refractivity contribution in [1.82, 2.24) is 4.98 Å². The van der Waals surface area contributed by atoms with Crippen molar-refractivity contribution < 1.29 is 18.9 Å². The van der Waals surface area contributed by atoms with Gasteiger partial charge in [-0.2, -0.15) is 0 Å². The van der Waals surface area contributed by atoms with Gasteiger partial charge in [-0.3, -0.25) is 10.1 Å². The molecule has 0 radical (unpaired) electrons. The van der Waals surface area contributed by atoms with Gasteiger partial charge in [0.1, 0.15) is 5.56 Å². The third kappa shape index (κ3) is 4.01. The molecule has 0 amide bonds.